The van der Waals surface area contributed by atoms with Gasteiger partial charge in [0.15, 0.2) is 0 Å². The molecule has 0 radical (unpaired) electrons. The van der Waals surface area contributed by atoms with Gasteiger partial charge in [0.05, 0.1) is 13.2 Å². The highest BCUT2D eigenvalue weighted by Crippen LogP contribution is 2.28. The molecule has 112 valence electrons. The van der Waals surface area contributed by atoms with Crippen molar-refractivity contribution in [2.24, 2.45) is 5.92 Å². The third-order valence-electron chi connectivity index (χ3n) is 3.37. The molecular weight excluding hydrogens is 274 g/mol. The number of hydrogen-bond acceptors (Lipinski definition) is 3. The van der Waals surface area contributed by atoms with E-state index in [1.165, 1.54) is 0 Å². The second kappa shape index (κ2) is 6.79. The van der Waals surface area contributed by atoms with Crippen molar-refractivity contribution < 1.29 is 9.47 Å². The van der Waals surface area contributed by atoms with Crippen LogP contribution in [-0.4, -0.2) is 25.4 Å². The van der Waals surface area contributed by atoms with Crippen molar-refractivity contribution in [1.29, 1.82) is 0 Å². The van der Waals surface area contributed by atoms with Crippen molar-refractivity contribution in [2.45, 2.75) is 39.3 Å². The molecule has 1 heterocycles. The van der Waals surface area contributed by atoms with Crippen molar-refractivity contribution in [3.05, 3.63) is 28.8 Å². The van der Waals surface area contributed by atoms with Gasteiger partial charge in [-0.05, 0) is 39.3 Å². The van der Waals surface area contributed by atoms with Crippen LogP contribution in [0.15, 0.2) is 18.2 Å². The Hall–Kier alpha value is -0.770. The summed E-state index contributed by atoms with van der Waals surface area (Å²) in [7, 11) is 0. The molecule has 1 N–H and O–H groups in total. The number of nitrogens with one attached hydrogen (secondary N) is 1. The molecule has 1 unspecified atom stereocenters. The van der Waals surface area contributed by atoms with Gasteiger partial charge in [-0.3, -0.25) is 0 Å². The predicted octanol–water partition coefficient (Wildman–Crippen LogP) is 3.64. The van der Waals surface area contributed by atoms with E-state index < -0.39 is 0 Å². The first-order valence-electron chi connectivity index (χ1n) is 7.19. The Kier molecular flexibility index (Phi) is 5.30. The van der Waals surface area contributed by atoms with E-state index >= 15 is 0 Å². The smallest absolute Gasteiger partial charge is 0.125 e. The summed E-state index contributed by atoms with van der Waals surface area (Å²) in [5, 5.41) is 4.21. The minimum Gasteiger partial charge on any atom is -0.493 e. The molecule has 4 heteroatoms. The van der Waals surface area contributed by atoms with Crippen LogP contribution in [0.25, 0.3) is 0 Å². The third-order valence-corrected chi connectivity index (χ3v) is 3.72. The number of benzene rings is 1. The van der Waals surface area contributed by atoms with Crippen molar-refractivity contribution in [3.8, 4) is 5.75 Å². The zero-order valence-electron chi connectivity index (χ0n) is 12.5. The standard InChI is InChI=1S/C16H24ClNO2/c1-16(2,3)18-9-13-14(17)5-4-6-15(13)20-11-12-7-8-19-10-12/h4-6,12,18H,7-11H2,1-3H3. The van der Waals surface area contributed by atoms with Gasteiger partial charge in [-0.2, -0.15) is 0 Å². The van der Waals surface area contributed by atoms with Gasteiger partial charge < -0.3 is 14.8 Å². The lowest BCUT2D eigenvalue weighted by Crippen LogP contribution is -2.35. The molecule has 0 spiro atoms. The maximum atomic E-state index is 6.31. The summed E-state index contributed by atoms with van der Waals surface area (Å²) in [6.07, 6.45) is 1.08. The summed E-state index contributed by atoms with van der Waals surface area (Å²) in [5.74, 6) is 1.37. The fraction of sp³-hybridized carbons (Fsp3) is 0.625. The molecule has 0 saturated carbocycles. The van der Waals surface area contributed by atoms with E-state index in [0.29, 0.717) is 19.1 Å². The molecular formula is C16H24ClNO2. The van der Waals surface area contributed by atoms with Crippen LogP contribution in [0.3, 0.4) is 0 Å². The molecule has 2 rings (SSSR count). The molecule has 20 heavy (non-hydrogen) atoms. The highest BCUT2D eigenvalue weighted by atomic mass is 35.5. The van der Waals surface area contributed by atoms with Crippen LogP contribution in [0, 0.1) is 5.92 Å². The Balaban J connectivity index is 2.01. The van der Waals surface area contributed by atoms with Gasteiger partial charge in [0.1, 0.15) is 5.75 Å². The molecule has 1 aromatic rings. The minimum absolute atomic E-state index is 0.0513. The van der Waals surface area contributed by atoms with E-state index in [1.54, 1.807) is 0 Å². The molecule has 0 amide bonds. The summed E-state index contributed by atoms with van der Waals surface area (Å²) in [6, 6.07) is 5.83. The Morgan fingerprint density at radius 3 is 2.85 bits per heavy atom. The molecule has 0 aliphatic carbocycles. The van der Waals surface area contributed by atoms with Crippen LogP contribution in [0.4, 0.5) is 0 Å². The lowest BCUT2D eigenvalue weighted by Gasteiger charge is -2.22. The number of rotatable bonds is 5. The lowest BCUT2D eigenvalue weighted by molar-refractivity contribution is 0.166. The van der Waals surface area contributed by atoms with Crippen LogP contribution < -0.4 is 10.1 Å². The Bertz CT molecular complexity index is 437. The van der Waals surface area contributed by atoms with Crippen molar-refractivity contribution in [2.75, 3.05) is 19.8 Å². The van der Waals surface area contributed by atoms with Gasteiger partial charge in [-0.25, -0.2) is 0 Å². The quantitative estimate of drug-likeness (QED) is 0.900. The fourth-order valence-electron chi connectivity index (χ4n) is 2.12. The lowest BCUT2D eigenvalue weighted by atomic mass is 10.1. The highest BCUT2D eigenvalue weighted by Gasteiger charge is 2.18. The van der Waals surface area contributed by atoms with Gasteiger partial charge in [0.2, 0.25) is 0 Å². The Labute approximate surface area is 126 Å². The second-order valence-corrected chi connectivity index (χ2v) is 6.77. The van der Waals surface area contributed by atoms with Crippen LogP contribution in [0.1, 0.15) is 32.8 Å². The van der Waals surface area contributed by atoms with Crippen molar-refractivity contribution in [3.63, 3.8) is 0 Å². The first kappa shape index (κ1) is 15.6. The highest BCUT2D eigenvalue weighted by molar-refractivity contribution is 6.31. The monoisotopic (exact) mass is 297 g/mol. The molecule has 1 aromatic carbocycles. The van der Waals surface area contributed by atoms with Gasteiger partial charge in [0, 0.05) is 35.2 Å². The summed E-state index contributed by atoms with van der Waals surface area (Å²) in [4.78, 5) is 0. The third kappa shape index (κ3) is 4.65. The largest absolute Gasteiger partial charge is 0.493 e. The SMILES string of the molecule is CC(C)(C)NCc1c(Cl)cccc1OCC1CCOC1. The van der Waals surface area contributed by atoms with E-state index in [0.717, 1.165) is 36.0 Å². The zero-order chi connectivity index (χ0) is 14.6. The molecule has 0 bridgehead atoms. The van der Waals surface area contributed by atoms with Gasteiger partial charge in [-0.15, -0.1) is 0 Å². The first-order chi connectivity index (χ1) is 9.46. The van der Waals surface area contributed by atoms with Crippen LogP contribution in [0.2, 0.25) is 5.02 Å². The normalized spacial score (nSPS) is 19.3. The maximum absolute atomic E-state index is 6.31. The number of halogens is 1. The van der Waals surface area contributed by atoms with E-state index in [2.05, 4.69) is 26.1 Å². The number of hydrogen-bond donors (Lipinski definition) is 1. The molecule has 0 aromatic heterocycles. The zero-order valence-corrected chi connectivity index (χ0v) is 13.3. The van der Waals surface area contributed by atoms with E-state index in [4.69, 9.17) is 21.1 Å². The number of ether oxygens (including phenoxy) is 2. The average molecular weight is 298 g/mol. The summed E-state index contributed by atoms with van der Waals surface area (Å²) >= 11 is 6.31. The van der Waals surface area contributed by atoms with E-state index in [9.17, 15) is 0 Å². The topological polar surface area (TPSA) is 30.5 Å². The van der Waals surface area contributed by atoms with Gasteiger partial charge in [-0.1, -0.05) is 17.7 Å². The van der Waals surface area contributed by atoms with Crippen molar-refractivity contribution in [1.82, 2.24) is 5.32 Å². The first-order valence-corrected chi connectivity index (χ1v) is 7.56. The molecule has 1 saturated heterocycles. The van der Waals surface area contributed by atoms with Gasteiger partial charge in [0.25, 0.3) is 0 Å². The fourth-order valence-corrected chi connectivity index (χ4v) is 2.35. The molecule has 1 aliphatic heterocycles. The second-order valence-electron chi connectivity index (χ2n) is 6.36. The minimum atomic E-state index is 0.0513. The summed E-state index contributed by atoms with van der Waals surface area (Å²) in [5.41, 5.74) is 1.08. The Morgan fingerprint density at radius 2 is 2.20 bits per heavy atom. The molecule has 3 nitrogen and oxygen atoms in total. The molecule has 1 aliphatic rings. The Morgan fingerprint density at radius 1 is 1.40 bits per heavy atom. The average Bonchev–Trinajstić information content (AvgIpc) is 2.87. The maximum Gasteiger partial charge on any atom is 0.125 e. The van der Waals surface area contributed by atoms with Crippen LogP contribution >= 0.6 is 11.6 Å². The summed E-state index contributed by atoms with van der Waals surface area (Å²) < 4.78 is 11.3. The van der Waals surface area contributed by atoms with Gasteiger partial charge >= 0.3 is 0 Å². The predicted molar refractivity (Wildman–Crippen MR) is 82.5 cm³/mol. The van der Waals surface area contributed by atoms with Crippen LogP contribution in [-0.2, 0) is 11.3 Å². The molecule has 1 atom stereocenters. The van der Waals surface area contributed by atoms with E-state index in [-0.39, 0.29) is 5.54 Å². The molecule has 1 fully saturated rings. The van der Waals surface area contributed by atoms with Crippen molar-refractivity contribution >= 4 is 11.6 Å². The van der Waals surface area contributed by atoms with Crippen LogP contribution in [0.5, 0.6) is 5.75 Å². The summed E-state index contributed by atoms with van der Waals surface area (Å²) in [6.45, 7) is 9.47. The van der Waals surface area contributed by atoms with E-state index in [1.807, 2.05) is 18.2 Å².